The zero-order valence-corrected chi connectivity index (χ0v) is 23.3. The van der Waals surface area contributed by atoms with Crippen molar-refractivity contribution in [3.63, 3.8) is 0 Å². The second-order valence-corrected chi connectivity index (χ2v) is 9.76. The second-order valence-electron chi connectivity index (χ2n) is 9.76. The van der Waals surface area contributed by atoms with Gasteiger partial charge in [0.1, 0.15) is 11.5 Å². The average molecular weight is 509 g/mol. The van der Waals surface area contributed by atoms with Crippen molar-refractivity contribution < 1.29 is 9.47 Å². The van der Waals surface area contributed by atoms with Gasteiger partial charge < -0.3 is 9.47 Å². The Labute approximate surface area is 230 Å². The molecule has 0 amide bonds. The molecule has 2 heteroatoms. The molecule has 38 heavy (non-hydrogen) atoms. The molecule has 0 atom stereocenters. The number of rotatable bonds is 17. The summed E-state index contributed by atoms with van der Waals surface area (Å²) in [4.78, 5) is 0. The summed E-state index contributed by atoms with van der Waals surface area (Å²) < 4.78 is 12.2. The molecule has 0 saturated heterocycles. The van der Waals surface area contributed by atoms with Gasteiger partial charge in [-0.15, -0.1) is 0 Å². The largest absolute Gasteiger partial charge is 0.493 e. The fourth-order valence-electron chi connectivity index (χ4n) is 4.14. The Bertz CT molecular complexity index is 1100. The van der Waals surface area contributed by atoms with Gasteiger partial charge in [0.2, 0.25) is 0 Å². The third kappa shape index (κ3) is 10.8. The molecule has 0 bridgehead atoms. The minimum Gasteiger partial charge on any atom is -0.493 e. The van der Waals surface area contributed by atoms with Crippen molar-refractivity contribution in [2.75, 3.05) is 13.2 Å². The highest BCUT2D eigenvalue weighted by molar-refractivity contribution is 5.74. The van der Waals surface area contributed by atoms with E-state index in [1.807, 2.05) is 12.1 Å². The lowest BCUT2D eigenvalue weighted by atomic mass is 10.1. The van der Waals surface area contributed by atoms with Crippen LogP contribution in [0.1, 0.15) is 93.0 Å². The Morgan fingerprint density at radius 1 is 0.500 bits per heavy atom. The van der Waals surface area contributed by atoms with Crippen LogP contribution < -0.4 is 9.47 Å². The predicted molar refractivity (Wildman–Crippen MR) is 167 cm³/mol. The van der Waals surface area contributed by atoms with Gasteiger partial charge in [0.25, 0.3) is 0 Å². The summed E-state index contributed by atoms with van der Waals surface area (Å²) in [5.41, 5.74) is 5.73. The fraction of sp³-hybridized carbons (Fsp3) is 0.333. The highest BCUT2D eigenvalue weighted by atomic mass is 16.5. The van der Waals surface area contributed by atoms with E-state index in [1.54, 1.807) is 0 Å². The lowest BCUT2D eigenvalue weighted by Crippen LogP contribution is -2.00. The van der Waals surface area contributed by atoms with Crippen molar-refractivity contribution >= 4 is 30.4 Å². The maximum Gasteiger partial charge on any atom is 0.123 e. The lowest BCUT2D eigenvalue weighted by Gasteiger charge is -2.11. The standard InChI is InChI=1S/C36H44O2/c1-4-7-9-11-25-37-35-27-34(28-36(29-35)38-26-12-10-8-5-2)24-23-33-21-19-32(20-22-33)18-17-31-15-13-30(6-3)14-16-31/h6,13-24,27-29H,3-5,7-12,25-26H2,1-2H3. The van der Waals surface area contributed by atoms with Crippen molar-refractivity contribution in [3.05, 3.63) is 101 Å². The minimum atomic E-state index is 0.747. The molecule has 0 fully saturated rings. The van der Waals surface area contributed by atoms with Crippen LogP contribution in [-0.2, 0) is 0 Å². The Hall–Kier alpha value is -3.52. The SMILES string of the molecule is C=Cc1ccc(C=Cc2ccc(C=Cc3cc(OCCCCCC)cc(OCCCCCC)c3)cc2)cc1. The van der Waals surface area contributed by atoms with Gasteiger partial charge in [-0.25, -0.2) is 0 Å². The fourth-order valence-corrected chi connectivity index (χ4v) is 4.14. The van der Waals surface area contributed by atoms with Gasteiger partial charge >= 0.3 is 0 Å². The number of hydrogen-bond donors (Lipinski definition) is 0. The molecule has 0 unspecified atom stereocenters. The van der Waals surface area contributed by atoms with Gasteiger partial charge in [-0.05, 0) is 52.8 Å². The van der Waals surface area contributed by atoms with Crippen LogP contribution in [0.4, 0.5) is 0 Å². The first kappa shape index (κ1) is 29.0. The number of hydrogen-bond acceptors (Lipinski definition) is 2. The van der Waals surface area contributed by atoms with Crippen LogP contribution in [0.3, 0.4) is 0 Å². The van der Waals surface area contributed by atoms with E-state index < -0.39 is 0 Å². The van der Waals surface area contributed by atoms with Crippen LogP contribution in [0, 0.1) is 0 Å². The smallest absolute Gasteiger partial charge is 0.123 e. The maximum atomic E-state index is 6.10. The van der Waals surface area contributed by atoms with Gasteiger partial charge in [-0.2, -0.15) is 0 Å². The Morgan fingerprint density at radius 3 is 1.29 bits per heavy atom. The summed E-state index contributed by atoms with van der Waals surface area (Å²) in [6.45, 7) is 9.77. The van der Waals surface area contributed by atoms with Crippen LogP contribution in [0.5, 0.6) is 11.5 Å². The second kappa shape index (κ2) is 17.1. The van der Waals surface area contributed by atoms with E-state index >= 15 is 0 Å². The summed E-state index contributed by atoms with van der Waals surface area (Å²) in [6, 6.07) is 23.2. The van der Waals surface area contributed by atoms with Crippen molar-refractivity contribution in [1.82, 2.24) is 0 Å². The van der Waals surface area contributed by atoms with E-state index in [0.29, 0.717) is 0 Å². The van der Waals surface area contributed by atoms with Crippen LogP contribution in [0.15, 0.2) is 73.3 Å². The molecule has 3 aromatic carbocycles. The van der Waals surface area contributed by atoms with Crippen LogP contribution in [0.2, 0.25) is 0 Å². The quantitative estimate of drug-likeness (QED) is 0.133. The third-order valence-corrected chi connectivity index (χ3v) is 6.48. The summed E-state index contributed by atoms with van der Waals surface area (Å²) in [5.74, 6) is 1.77. The zero-order valence-electron chi connectivity index (χ0n) is 23.3. The molecule has 0 radical (unpaired) electrons. The van der Waals surface area contributed by atoms with E-state index in [9.17, 15) is 0 Å². The molecule has 0 aromatic heterocycles. The molecular weight excluding hydrogens is 464 g/mol. The highest BCUT2D eigenvalue weighted by Crippen LogP contribution is 2.25. The van der Waals surface area contributed by atoms with E-state index in [1.165, 1.54) is 49.7 Å². The Morgan fingerprint density at radius 2 is 0.895 bits per heavy atom. The van der Waals surface area contributed by atoms with Gasteiger partial charge in [0, 0.05) is 6.07 Å². The third-order valence-electron chi connectivity index (χ3n) is 6.48. The van der Waals surface area contributed by atoms with E-state index in [2.05, 4.69) is 105 Å². The maximum absolute atomic E-state index is 6.10. The molecule has 200 valence electrons. The summed E-state index contributed by atoms with van der Waals surface area (Å²) >= 11 is 0. The van der Waals surface area contributed by atoms with Crippen molar-refractivity contribution in [1.29, 1.82) is 0 Å². The van der Waals surface area contributed by atoms with Crippen LogP contribution >= 0.6 is 0 Å². The van der Waals surface area contributed by atoms with Crippen molar-refractivity contribution in [2.45, 2.75) is 65.2 Å². The summed E-state index contributed by atoms with van der Waals surface area (Å²) in [5, 5.41) is 0. The van der Waals surface area contributed by atoms with E-state index in [-0.39, 0.29) is 0 Å². The molecule has 0 aliphatic carbocycles. The number of unbranched alkanes of at least 4 members (excludes halogenated alkanes) is 6. The van der Waals surface area contributed by atoms with E-state index in [0.717, 1.165) is 54.2 Å². The molecule has 3 rings (SSSR count). The normalized spacial score (nSPS) is 11.3. The Kier molecular flexibility index (Phi) is 13.1. The first-order chi connectivity index (χ1) is 18.7. The Balaban J connectivity index is 1.63. The minimum absolute atomic E-state index is 0.747. The zero-order chi connectivity index (χ0) is 26.8. The topological polar surface area (TPSA) is 18.5 Å². The summed E-state index contributed by atoms with van der Waals surface area (Å²) in [7, 11) is 0. The monoisotopic (exact) mass is 508 g/mol. The first-order valence-electron chi connectivity index (χ1n) is 14.3. The molecule has 0 aliphatic rings. The van der Waals surface area contributed by atoms with Gasteiger partial charge in [-0.3, -0.25) is 0 Å². The molecular formula is C36H44O2. The molecule has 0 spiro atoms. The number of ether oxygens (including phenoxy) is 2. The average Bonchev–Trinajstić information content (AvgIpc) is 2.95. The highest BCUT2D eigenvalue weighted by Gasteiger charge is 2.03. The molecule has 2 nitrogen and oxygen atoms in total. The van der Waals surface area contributed by atoms with Gasteiger partial charge in [-0.1, -0.05) is 138 Å². The lowest BCUT2D eigenvalue weighted by molar-refractivity contribution is 0.290. The molecule has 0 N–H and O–H groups in total. The van der Waals surface area contributed by atoms with Crippen molar-refractivity contribution in [2.24, 2.45) is 0 Å². The molecule has 0 aliphatic heterocycles. The van der Waals surface area contributed by atoms with E-state index in [4.69, 9.17) is 9.47 Å². The predicted octanol–water partition coefficient (Wildman–Crippen LogP) is 10.6. The van der Waals surface area contributed by atoms with Gasteiger partial charge in [0.15, 0.2) is 0 Å². The van der Waals surface area contributed by atoms with Crippen LogP contribution in [-0.4, -0.2) is 13.2 Å². The first-order valence-corrected chi connectivity index (χ1v) is 14.3. The molecule has 3 aromatic rings. The summed E-state index contributed by atoms with van der Waals surface area (Å²) in [6.07, 6.45) is 20.0. The van der Waals surface area contributed by atoms with Crippen molar-refractivity contribution in [3.8, 4) is 11.5 Å². The van der Waals surface area contributed by atoms with Crippen LogP contribution in [0.25, 0.3) is 30.4 Å². The molecule has 0 saturated carbocycles. The number of benzene rings is 3. The molecule has 0 heterocycles. The van der Waals surface area contributed by atoms with Gasteiger partial charge in [0.05, 0.1) is 13.2 Å².